The van der Waals surface area contributed by atoms with Crippen LogP contribution in [0, 0.1) is 5.92 Å². The van der Waals surface area contributed by atoms with Crippen LogP contribution in [0.4, 0.5) is 0 Å². The Hall–Kier alpha value is -2.01. The van der Waals surface area contributed by atoms with Crippen LogP contribution in [-0.2, 0) is 14.3 Å². The van der Waals surface area contributed by atoms with Gasteiger partial charge in [-0.25, -0.2) is 0 Å². The summed E-state index contributed by atoms with van der Waals surface area (Å²) < 4.78 is 5.10. The maximum absolute atomic E-state index is 12.5. The summed E-state index contributed by atoms with van der Waals surface area (Å²) in [6.45, 7) is 3.41. The first-order chi connectivity index (χ1) is 12.2. The van der Waals surface area contributed by atoms with Gasteiger partial charge in [0, 0.05) is 18.0 Å². The van der Waals surface area contributed by atoms with Gasteiger partial charge in [-0.15, -0.1) is 11.8 Å². The van der Waals surface area contributed by atoms with Gasteiger partial charge in [0.2, 0.25) is 5.91 Å². The highest BCUT2D eigenvalue weighted by molar-refractivity contribution is 8.00. The van der Waals surface area contributed by atoms with E-state index in [2.05, 4.69) is 30.3 Å². The molecule has 25 heavy (non-hydrogen) atoms. The smallest absolute Gasteiger partial charge is 0.310 e. The van der Waals surface area contributed by atoms with Gasteiger partial charge in [-0.05, 0) is 42.7 Å². The van der Waals surface area contributed by atoms with Gasteiger partial charge in [-0.1, -0.05) is 30.3 Å². The fourth-order valence-electron chi connectivity index (χ4n) is 3.15. The SMILES string of the molecule is CCOC(=O)[C@H]1CCCN(C(=O)CSc2ccc3ccccc3c2)C1. The van der Waals surface area contributed by atoms with Gasteiger partial charge < -0.3 is 9.64 Å². The minimum absolute atomic E-state index is 0.0900. The van der Waals surface area contributed by atoms with Crippen molar-refractivity contribution in [2.24, 2.45) is 5.92 Å². The quantitative estimate of drug-likeness (QED) is 0.604. The van der Waals surface area contributed by atoms with Gasteiger partial charge in [0.15, 0.2) is 0 Å². The first kappa shape index (κ1) is 17.8. The molecule has 0 aliphatic carbocycles. The molecule has 0 N–H and O–H groups in total. The molecular formula is C20H23NO3S. The molecule has 5 heteroatoms. The summed E-state index contributed by atoms with van der Waals surface area (Å²) in [7, 11) is 0. The number of hydrogen-bond donors (Lipinski definition) is 0. The van der Waals surface area contributed by atoms with Gasteiger partial charge in [0.05, 0.1) is 18.3 Å². The summed E-state index contributed by atoms with van der Waals surface area (Å²) in [4.78, 5) is 27.3. The van der Waals surface area contributed by atoms with Gasteiger partial charge in [-0.3, -0.25) is 9.59 Å². The lowest BCUT2D eigenvalue weighted by Gasteiger charge is -2.31. The number of nitrogens with zero attached hydrogens (tertiary/aromatic N) is 1. The molecule has 0 saturated carbocycles. The molecule has 2 aromatic carbocycles. The van der Waals surface area contributed by atoms with Crippen LogP contribution in [0.5, 0.6) is 0 Å². The molecule has 0 radical (unpaired) electrons. The van der Waals surface area contributed by atoms with Crippen LogP contribution in [-0.4, -0.2) is 42.2 Å². The lowest BCUT2D eigenvalue weighted by atomic mass is 9.98. The Bertz CT molecular complexity index is 761. The van der Waals surface area contributed by atoms with E-state index < -0.39 is 0 Å². The molecule has 0 bridgehead atoms. The number of ether oxygens (including phenoxy) is 1. The van der Waals surface area contributed by atoms with E-state index in [0.29, 0.717) is 18.9 Å². The van der Waals surface area contributed by atoms with Crippen molar-refractivity contribution in [1.82, 2.24) is 4.90 Å². The van der Waals surface area contributed by atoms with E-state index in [1.54, 1.807) is 16.7 Å². The van der Waals surface area contributed by atoms with E-state index in [-0.39, 0.29) is 17.8 Å². The third kappa shape index (κ3) is 4.54. The lowest BCUT2D eigenvalue weighted by Crippen LogP contribution is -2.43. The highest BCUT2D eigenvalue weighted by Gasteiger charge is 2.29. The largest absolute Gasteiger partial charge is 0.466 e. The first-order valence-corrected chi connectivity index (χ1v) is 9.72. The van der Waals surface area contributed by atoms with Crippen molar-refractivity contribution in [2.45, 2.75) is 24.7 Å². The Labute approximate surface area is 152 Å². The zero-order valence-electron chi connectivity index (χ0n) is 14.4. The zero-order chi connectivity index (χ0) is 17.6. The fraction of sp³-hybridized carbons (Fsp3) is 0.400. The molecule has 1 atom stereocenters. The summed E-state index contributed by atoms with van der Waals surface area (Å²) in [5.41, 5.74) is 0. The van der Waals surface area contributed by atoms with Crippen molar-refractivity contribution < 1.29 is 14.3 Å². The van der Waals surface area contributed by atoms with Crippen LogP contribution in [0.3, 0.4) is 0 Å². The van der Waals surface area contributed by atoms with Gasteiger partial charge in [0.25, 0.3) is 0 Å². The van der Waals surface area contributed by atoms with Crippen molar-refractivity contribution in [2.75, 3.05) is 25.4 Å². The van der Waals surface area contributed by atoms with Crippen LogP contribution in [0.2, 0.25) is 0 Å². The molecule has 1 fully saturated rings. The zero-order valence-corrected chi connectivity index (χ0v) is 15.3. The summed E-state index contributed by atoms with van der Waals surface area (Å²) >= 11 is 1.55. The standard InChI is InChI=1S/C20H23NO3S/c1-2-24-20(23)17-8-5-11-21(13-17)19(22)14-25-18-10-9-15-6-3-4-7-16(15)12-18/h3-4,6-7,9-10,12,17H,2,5,8,11,13-14H2,1H3/t17-/m0/s1. The monoisotopic (exact) mass is 357 g/mol. The summed E-state index contributed by atoms with van der Waals surface area (Å²) in [6, 6.07) is 14.5. The molecular weight excluding hydrogens is 334 g/mol. The molecule has 1 heterocycles. The van der Waals surface area contributed by atoms with Crippen molar-refractivity contribution in [3.8, 4) is 0 Å². The Kier molecular flexibility index (Phi) is 5.97. The van der Waals surface area contributed by atoms with E-state index >= 15 is 0 Å². The molecule has 132 valence electrons. The Morgan fingerprint density at radius 3 is 2.80 bits per heavy atom. The third-order valence-corrected chi connectivity index (χ3v) is 5.46. The second kappa shape index (κ2) is 8.39. The molecule has 4 nitrogen and oxygen atoms in total. The van der Waals surface area contributed by atoms with Gasteiger partial charge in [0.1, 0.15) is 0 Å². The number of esters is 1. The minimum Gasteiger partial charge on any atom is -0.466 e. The number of carbonyl (C=O) groups excluding carboxylic acids is 2. The van der Waals surface area contributed by atoms with E-state index in [9.17, 15) is 9.59 Å². The molecule has 2 aromatic rings. The second-order valence-corrected chi connectivity index (χ2v) is 7.28. The van der Waals surface area contributed by atoms with Crippen molar-refractivity contribution in [3.63, 3.8) is 0 Å². The number of benzene rings is 2. The summed E-state index contributed by atoms with van der Waals surface area (Å²) in [5.74, 6) is 0.131. The summed E-state index contributed by atoms with van der Waals surface area (Å²) in [6.07, 6.45) is 1.66. The average Bonchev–Trinajstić information content (AvgIpc) is 2.66. The predicted molar refractivity (Wildman–Crippen MR) is 101 cm³/mol. The lowest BCUT2D eigenvalue weighted by molar-refractivity contribution is -0.151. The average molecular weight is 357 g/mol. The summed E-state index contributed by atoms with van der Waals surface area (Å²) in [5, 5.41) is 2.38. The van der Waals surface area contributed by atoms with Crippen LogP contribution < -0.4 is 0 Å². The first-order valence-electron chi connectivity index (χ1n) is 8.73. The third-order valence-electron chi connectivity index (χ3n) is 4.48. The molecule has 1 aliphatic heterocycles. The molecule has 1 amide bonds. The number of carbonyl (C=O) groups is 2. The van der Waals surface area contributed by atoms with Crippen LogP contribution in [0.1, 0.15) is 19.8 Å². The fourth-order valence-corrected chi connectivity index (χ4v) is 4.00. The number of rotatable bonds is 5. The van der Waals surface area contributed by atoms with Crippen molar-refractivity contribution in [3.05, 3.63) is 42.5 Å². The van der Waals surface area contributed by atoms with Crippen LogP contribution in [0.25, 0.3) is 10.8 Å². The second-order valence-electron chi connectivity index (χ2n) is 6.23. The maximum atomic E-state index is 12.5. The van der Waals surface area contributed by atoms with Gasteiger partial charge in [-0.2, -0.15) is 0 Å². The number of piperidine rings is 1. The topological polar surface area (TPSA) is 46.6 Å². The van der Waals surface area contributed by atoms with Crippen molar-refractivity contribution in [1.29, 1.82) is 0 Å². The number of hydrogen-bond acceptors (Lipinski definition) is 4. The van der Waals surface area contributed by atoms with Crippen LogP contribution >= 0.6 is 11.8 Å². The number of thioether (sulfide) groups is 1. The molecule has 1 saturated heterocycles. The minimum atomic E-state index is -0.179. The van der Waals surface area contributed by atoms with E-state index in [1.165, 1.54) is 10.8 Å². The molecule has 1 aliphatic rings. The Balaban J connectivity index is 1.56. The molecule has 0 aromatic heterocycles. The van der Waals surface area contributed by atoms with Crippen LogP contribution in [0.15, 0.2) is 47.4 Å². The number of amides is 1. The predicted octanol–water partition coefficient (Wildman–Crippen LogP) is 3.73. The number of likely N-dealkylation sites (tertiary alicyclic amines) is 1. The van der Waals surface area contributed by atoms with E-state index in [0.717, 1.165) is 24.3 Å². The van der Waals surface area contributed by atoms with Gasteiger partial charge >= 0.3 is 5.97 Å². The molecule has 0 spiro atoms. The Morgan fingerprint density at radius 2 is 2.00 bits per heavy atom. The normalized spacial score (nSPS) is 17.5. The van der Waals surface area contributed by atoms with Crippen molar-refractivity contribution >= 4 is 34.4 Å². The maximum Gasteiger partial charge on any atom is 0.310 e. The molecule has 0 unspecified atom stereocenters. The van der Waals surface area contributed by atoms with E-state index in [1.807, 2.05) is 19.1 Å². The Morgan fingerprint density at radius 1 is 1.20 bits per heavy atom. The highest BCUT2D eigenvalue weighted by Crippen LogP contribution is 2.25. The molecule has 3 rings (SSSR count). The highest BCUT2D eigenvalue weighted by atomic mass is 32.2. The number of fused-ring (bicyclic) bond motifs is 1. The van der Waals surface area contributed by atoms with E-state index in [4.69, 9.17) is 4.74 Å².